The molecule has 0 unspecified atom stereocenters. The molecule has 1 aromatic rings. The third-order valence-corrected chi connectivity index (χ3v) is 2.56. The molecule has 21 heavy (non-hydrogen) atoms. The summed E-state index contributed by atoms with van der Waals surface area (Å²) >= 11 is 0. The van der Waals surface area contributed by atoms with Gasteiger partial charge in [0, 0.05) is 19.2 Å². The predicted octanol–water partition coefficient (Wildman–Crippen LogP) is 1.26. The number of rotatable bonds is 7. The Hall–Kier alpha value is -2.37. The van der Waals surface area contributed by atoms with E-state index < -0.39 is 5.97 Å². The van der Waals surface area contributed by atoms with Crippen LogP contribution in [0.4, 0.5) is 5.69 Å². The first-order valence-electron chi connectivity index (χ1n) is 6.80. The number of ether oxygens (including phenoxy) is 1. The Labute approximate surface area is 123 Å². The van der Waals surface area contributed by atoms with Crippen LogP contribution in [0.3, 0.4) is 0 Å². The molecule has 0 bridgehead atoms. The van der Waals surface area contributed by atoms with Crippen molar-refractivity contribution in [2.45, 2.75) is 26.7 Å². The molecule has 1 rings (SSSR count). The first-order valence-corrected chi connectivity index (χ1v) is 6.80. The Morgan fingerprint density at radius 1 is 1.14 bits per heavy atom. The second kappa shape index (κ2) is 8.73. The average molecular weight is 292 g/mol. The molecule has 6 nitrogen and oxygen atoms in total. The third kappa shape index (κ3) is 7.10. The van der Waals surface area contributed by atoms with Gasteiger partial charge in [0.2, 0.25) is 5.91 Å². The van der Waals surface area contributed by atoms with E-state index in [1.54, 1.807) is 24.3 Å². The van der Waals surface area contributed by atoms with Crippen molar-refractivity contribution in [2.24, 2.45) is 0 Å². The minimum atomic E-state index is -0.464. The topological polar surface area (TPSA) is 84.5 Å². The van der Waals surface area contributed by atoms with Crippen LogP contribution >= 0.6 is 0 Å². The number of carbonyl (C=O) groups is 3. The van der Waals surface area contributed by atoms with Crippen molar-refractivity contribution in [1.29, 1.82) is 0 Å². The fraction of sp³-hybridized carbons (Fsp3) is 0.400. The maximum atomic E-state index is 11.6. The molecule has 0 aliphatic heterocycles. The van der Waals surface area contributed by atoms with Crippen LogP contribution in [0, 0.1) is 0 Å². The fourth-order valence-electron chi connectivity index (χ4n) is 1.59. The summed E-state index contributed by atoms with van der Waals surface area (Å²) < 4.78 is 4.88. The molecule has 0 radical (unpaired) electrons. The molecule has 0 heterocycles. The lowest BCUT2D eigenvalue weighted by molar-refractivity contribution is -0.147. The van der Waals surface area contributed by atoms with Gasteiger partial charge in [-0.05, 0) is 24.1 Å². The molecular formula is C15H20N2O4. The monoisotopic (exact) mass is 292 g/mol. The number of benzene rings is 1. The standard InChI is InChI=1S/C15H20N2O4/c1-3-8-16-14(19)10-21-15(20)9-12-4-6-13(7-5-12)17-11(2)18/h4-7H,3,8-10H2,1-2H3,(H,16,19)(H,17,18). The zero-order valence-electron chi connectivity index (χ0n) is 12.3. The summed E-state index contributed by atoms with van der Waals surface area (Å²) in [6, 6.07) is 6.86. The van der Waals surface area contributed by atoms with Crippen molar-refractivity contribution in [3.8, 4) is 0 Å². The molecule has 0 aliphatic carbocycles. The highest BCUT2D eigenvalue weighted by Gasteiger charge is 2.08. The number of nitrogens with one attached hydrogen (secondary N) is 2. The van der Waals surface area contributed by atoms with Gasteiger partial charge in [-0.2, -0.15) is 0 Å². The van der Waals surface area contributed by atoms with Crippen molar-refractivity contribution in [3.05, 3.63) is 29.8 Å². The quantitative estimate of drug-likeness (QED) is 0.741. The average Bonchev–Trinajstić information content (AvgIpc) is 2.44. The molecule has 114 valence electrons. The van der Waals surface area contributed by atoms with E-state index >= 15 is 0 Å². The lowest BCUT2D eigenvalue weighted by atomic mass is 10.1. The SMILES string of the molecule is CCCNC(=O)COC(=O)Cc1ccc(NC(C)=O)cc1. The van der Waals surface area contributed by atoms with E-state index in [4.69, 9.17) is 4.74 Å². The van der Waals surface area contributed by atoms with E-state index in [0.29, 0.717) is 12.2 Å². The lowest BCUT2D eigenvalue weighted by Gasteiger charge is -2.06. The molecule has 2 amide bonds. The van der Waals surface area contributed by atoms with Crippen molar-refractivity contribution in [3.63, 3.8) is 0 Å². The van der Waals surface area contributed by atoms with Crippen LogP contribution in [-0.2, 0) is 25.5 Å². The number of hydrogen-bond donors (Lipinski definition) is 2. The predicted molar refractivity (Wildman–Crippen MR) is 78.7 cm³/mol. The minimum Gasteiger partial charge on any atom is -0.455 e. The summed E-state index contributed by atoms with van der Waals surface area (Å²) in [5, 5.41) is 5.26. The van der Waals surface area contributed by atoms with Crippen LogP contribution in [0.5, 0.6) is 0 Å². The van der Waals surface area contributed by atoms with Gasteiger partial charge < -0.3 is 15.4 Å². The van der Waals surface area contributed by atoms with Gasteiger partial charge in [-0.15, -0.1) is 0 Å². The highest BCUT2D eigenvalue weighted by Crippen LogP contribution is 2.10. The van der Waals surface area contributed by atoms with Crippen molar-refractivity contribution < 1.29 is 19.1 Å². The van der Waals surface area contributed by atoms with Gasteiger partial charge in [0.25, 0.3) is 5.91 Å². The van der Waals surface area contributed by atoms with Crippen molar-refractivity contribution in [2.75, 3.05) is 18.5 Å². The molecule has 0 saturated carbocycles. The van der Waals surface area contributed by atoms with Gasteiger partial charge in [-0.3, -0.25) is 14.4 Å². The number of anilines is 1. The number of hydrogen-bond acceptors (Lipinski definition) is 4. The second-order valence-electron chi connectivity index (χ2n) is 4.57. The van der Waals surface area contributed by atoms with Gasteiger partial charge in [0.15, 0.2) is 6.61 Å². The van der Waals surface area contributed by atoms with Crippen LogP contribution in [0.15, 0.2) is 24.3 Å². The maximum absolute atomic E-state index is 11.6. The molecule has 2 N–H and O–H groups in total. The molecule has 0 aromatic heterocycles. The van der Waals surface area contributed by atoms with E-state index in [9.17, 15) is 14.4 Å². The summed E-state index contributed by atoms with van der Waals surface area (Å²) in [5.74, 6) is -0.916. The smallest absolute Gasteiger partial charge is 0.310 e. The van der Waals surface area contributed by atoms with Crippen LogP contribution in [-0.4, -0.2) is 30.9 Å². The second-order valence-corrected chi connectivity index (χ2v) is 4.57. The molecule has 0 saturated heterocycles. The van der Waals surface area contributed by atoms with Gasteiger partial charge in [-0.1, -0.05) is 19.1 Å². The van der Waals surface area contributed by atoms with Gasteiger partial charge in [0.05, 0.1) is 6.42 Å². The molecule has 1 aromatic carbocycles. The highest BCUT2D eigenvalue weighted by atomic mass is 16.5. The molecule has 0 aliphatic rings. The molecule has 0 spiro atoms. The maximum Gasteiger partial charge on any atom is 0.310 e. The van der Waals surface area contributed by atoms with Crippen LogP contribution in [0.25, 0.3) is 0 Å². The number of carbonyl (C=O) groups excluding carboxylic acids is 3. The summed E-state index contributed by atoms with van der Waals surface area (Å²) in [6.45, 7) is 3.68. The Balaban J connectivity index is 2.37. The van der Waals surface area contributed by atoms with Gasteiger partial charge >= 0.3 is 5.97 Å². The molecule has 0 fully saturated rings. The number of esters is 1. The van der Waals surface area contributed by atoms with Crippen molar-refractivity contribution in [1.82, 2.24) is 5.32 Å². The molecule has 0 atom stereocenters. The zero-order chi connectivity index (χ0) is 15.7. The van der Waals surface area contributed by atoms with Gasteiger partial charge in [-0.25, -0.2) is 0 Å². The van der Waals surface area contributed by atoms with E-state index in [-0.39, 0.29) is 24.8 Å². The summed E-state index contributed by atoms with van der Waals surface area (Å²) in [4.78, 5) is 33.7. The Bertz CT molecular complexity index is 497. The largest absolute Gasteiger partial charge is 0.455 e. The molecular weight excluding hydrogens is 272 g/mol. The summed E-state index contributed by atoms with van der Waals surface area (Å²) in [5.41, 5.74) is 1.42. The Morgan fingerprint density at radius 3 is 2.38 bits per heavy atom. The molecule has 6 heteroatoms. The van der Waals surface area contributed by atoms with E-state index in [0.717, 1.165) is 12.0 Å². The van der Waals surface area contributed by atoms with E-state index in [1.165, 1.54) is 6.92 Å². The fourth-order valence-corrected chi connectivity index (χ4v) is 1.59. The lowest BCUT2D eigenvalue weighted by Crippen LogP contribution is -2.29. The first kappa shape index (κ1) is 16.7. The number of amides is 2. The zero-order valence-corrected chi connectivity index (χ0v) is 12.3. The normalized spacial score (nSPS) is 9.81. The van der Waals surface area contributed by atoms with Crippen LogP contribution in [0.1, 0.15) is 25.8 Å². The Kier molecular flexibility index (Phi) is 6.94. The summed E-state index contributed by atoms with van der Waals surface area (Å²) in [6.07, 6.45) is 0.918. The minimum absolute atomic E-state index is 0.0847. The van der Waals surface area contributed by atoms with Crippen LogP contribution < -0.4 is 10.6 Å². The van der Waals surface area contributed by atoms with Crippen LogP contribution in [0.2, 0.25) is 0 Å². The van der Waals surface area contributed by atoms with Crippen molar-refractivity contribution >= 4 is 23.5 Å². The Morgan fingerprint density at radius 2 is 1.81 bits per heavy atom. The van der Waals surface area contributed by atoms with Gasteiger partial charge in [0.1, 0.15) is 0 Å². The third-order valence-electron chi connectivity index (χ3n) is 2.56. The highest BCUT2D eigenvalue weighted by molar-refractivity contribution is 5.88. The first-order chi connectivity index (χ1) is 10.0. The van der Waals surface area contributed by atoms with E-state index in [2.05, 4.69) is 10.6 Å². The summed E-state index contributed by atoms with van der Waals surface area (Å²) in [7, 11) is 0. The van der Waals surface area contributed by atoms with E-state index in [1.807, 2.05) is 6.92 Å².